The Hall–Kier alpha value is -1.26. The van der Waals surface area contributed by atoms with Crippen molar-refractivity contribution in [3.05, 3.63) is 35.6 Å². The summed E-state index contributed by atoms with van der Waals surface area (Å²) in [5, 5.41) is 3.29. The minimum absolute atomic E-state index is 0.0843. The van der Waals surface area contributed by atoms with E-state index in [1.807, 2.05) is 0 Å². The normalized spacial score (nSPS) is 18.6. The quantitative estimate of drug-likeness (QED) is 0.825. The first-order valence-corrected chi connectivity index (χ1v) is 6.40. The Labute approximate surface area is 107 Å². The molecular weight excluding hydrogens is 231 g/mol. The van der Waals surface area contributed by atoms with E-state index < -0.39 is 0 Å². The lowest BCUT2D eigenvalue weighted by molar-refractivity contribution is 0.0918. The molecule has 3 nitrogen and oxygen atoms in total. The molecule has 1 N–H and O–H groups in total. The second-order valence-electron chi connectivity index (χ2n) is 4.77. The Morgan fingerprint density at radius 2 is 1.94 bits per heavy atom. The van der Waals surface area contributed by atoms with Gasteiger partial charge < -0.3 is 5.32 Å². The van der Waals surface area contributed by atoms with Gasteiger partial charge in [-0.15, -0.1) is 0 Å². The molecule has 1 atom stereocenters. The molecule has 1 aromatic carbocycles. The van der Waals surface area contributed by atoms with Crippen LogP contribution in [0.2, 0.25) is 0 Å². The summed E-state index contributed by atoms with van der Waals surface area (Å²) >= 11 is 0. The van der Waals surface area contributed by atoms with Gasteiger partial charge in [-0.1, -0.05) is 0 Å². The van der Waals surface area contributed by atoms with Gasteiger partial charge in [0, 0.05) is 44.2 Å². The highest BCUT2D eigenvalue weighted by atomic mass is 19.1. The van der Waals surface area contributed by atoms with Gasteiger partial charge in [-0.3, -0.25) is 9.69 Å². The molecule has 0 aromatic heterocycles. The van der Waals surface area contributed by atoms with Gasteiger partial charge in [0.1, 0.15) is 5.82 Å². The third-order valence-corrected chi connectivity index (χ3v) is 3.42. The number of hydrogen-bond acceptors (Lipinski definition) is 3. The minimum atomic E-state index is -0.304. The number of carbonyl (C=O) groups is 1. The lowest BCUT2D eigenvalue weighted by Crippen LogP contribution is -2.48. The maximum atomic E-state index is 12.8. The van der Waals surface area contributed by atoms with Gasteiger partial charge in [0.25, 0.3) is 0 Å². The summed E-state index contributed by atoms with van der Waals surface area (Å²) in [5.74, 6) is -0.220. The van der Waals surface area contributed by atoms with Crippen molar-refractivity contribution >= 4 is 5.78 Å². The summed E-state index contributed by atoms with van der Waals surface area (Å²) in [4.78, 5) is 14.4. The van der Waals surface area contributed by atoms with Crippen molar-refractivity contribution in [1.29, 1.82) is 0 Å². The zero-order chi connectivity index (χ0) is 13.0. The average Bonchev–Trinajstić information content (AvgIpc) is 2.40. The number of ketones is 1. The number of Topliss-reactive ketones (excluding diaryl/α,β-unsaturated/α-hetero) is 1. The van der Waals surface area contributed by atoms with E-state index in [2.05, 4.69) is 17.1 Å². The molecule has 0 bridgehead atoms. The van der Waals surface area contributed by atoms with E-state index in [-0.39, 0.29) is 17.6 Å². The Bertz CT molecular complexity index is 399. The van der Waals surface area contributed by atoms with Crippen LogP contribution in [0, 0.1) is 5.82 Å². The number of nitrogens with zero attached hydrogens (tertiary/aromatic N) is 1. The fourth-order valence-electron chi connectivity index (χ4n) is 2.27. The minimum Gasteiger partial charge on any atom is -0.314 e. The van der Waals surface area contributed by atoms with Gasteiger partial charge in [-0.2, -0.15) is 0 Å². The van der Waals surface area contributed by atoms with Gasteiger partial charge in [-0.05, 0) is 31.2 Å². The zero-order valence-corrected chi connectivity index (χ0v) is 10.7. The van der Waals surface area contributed by atoms with Crippen LogP contribution in [0.25, 0.3) is 0 Å². The maximum Gasteiger partial charge on any atom is 0.164 e. The Balaban J connectivity index is 1.91. The van der Waals surface area contributed by atoms with Crippen molar-refractivity contribution in [2.75, 3.05) is 26.2 Å². The fraction of sp³-hybridized carbons (Fsp3) is 0.500. The van der Waals surface area contributed by atoms with Crippen LogP contribution in [0.1, 0.15) is 23.7 Å². The van der Waals surface area contributed by atoms with Crippen LogP contribution in [0.5, 0.6) is 0 Å². The highest BCUT2D eigenvalue weighted by molar-refractivity contribution is 5.96. The Kier molecular flexibility index (Phi) is 4.44. The third-order valence-electron chi connectivity index (χ3n) is 3.42. The van der Waals surface area contributed by atoms with Gasteiger partial charge in [0.2, 0.25) is 0 Å². The number of nitrogens with one attached hydrogen (secondary N) is 1. The van der Waals surface area contributed by atoms with E-state index in [0.717, 1.165) is 26.2 Å². The first kappa shape index (κ1) is 13.2. The van der Waals surface area contributed by atoms with Crippen LogP contribution in [0.15, 0.2) is 24.3 Å². The van der Waals surface area contributed by atoms with Gasteiger partial charge in [0.15, 0.2) is 5.78 Å². The summed E-state index contributed by atoms with van der Waals surface area (Å²) in [6.45, 7) is 6.01. The second-order valence-corrected chi connectivity index (χ2v) is 4.77. The molecule has 1 aromatic rings. The van der Waals surface area contributed by atoms with Gasteiger partial charge >= 0.3 is 0 Å². The van der Waals surface area contributed by atoms with Crippen LogP contribution in [0.3, 0.4) is 0 Å². The molecule has 1 aliphatic heterocycles. The molecule has 4 heteroatoms. The number of piperazine rings is 1. The molecule has 0 aliphatic carbocycles. The molecule has 1 aliphatic rings. The first-order valence-electron chi connectivity index (χ1n) is 6.40. The number of rotatable bonds is 4. The van der Waals surface area contributed by atoms with Crippen LogP contribution in [-0.2, 0) is 0 Å². The number of halogens is 1. The predicted octanol–water partition coefficient (Wildman–Crippen LogP) is 1.69. The van der Waals surface area contributed by atoms with Crippen LogP contribution >= 0.6 is 0 Å². The summed E-state index contributed by atoms with van der Waals surface area (Å²) in [6, 6.07) is 6.03. The van der Waals surface area contributed by atoms with Crippen LogP contribution in [0.4, 0.5) is 4.39 Å². The summed E-state index contributed by atoms with van der Waals surface area (Å²) in [5.41, 5.74) is 0.596. The van der Waals surface area contributed by atoms with Crippen molar-refractivity contribution in [2.24, 2.45) is 0 Å². The van der Waals surface area contributed by atoms with Crippen molar-refractivity contribution in [1.82, 2.24) is 10.2 Å². The van der Waals surface area contributed by atoms with E-state index in [9.17, 15) is 9.18 Å². The highest BCUT2D eigenvalue weighted by Crippen LogP contribution is 2.11. The second kappa shape index (κ2) is 6.07. The van der Waals surface area contributed by atoms with E-state index in [1.165, 1.54) is 12.1 Å². The molecular formula is C14H19FN2O. The molecule has 0 spiro atoms. The highest BCUT2D eigenvalue weighted by Gasteiger charge is 2.19. The van der Waals surface area contributed by atoms with Crippen LogP contribution < -0.4 is 5.32 Å². The monoisotopic (exact) mass is 250 g/mol. The largest absolute Gasteiger partial charge is 0.314 e. The van der Waals surface area contributed by atoms with Gasteiger partial charge in [-0.25, -0.2) is 4.39 Å². The topological polar surface area (TPSA) is 32.3 Å². The smallest absolute Gasteiger partial charge is 0.164 e. The summed E-state index contributed by atoms with van der Waals surface area (Å²) in [6.07, 6.45) is 0.492. The average molecular weight is 250 g/mol. The number of benzene rings is 1. The fourth-order valence-corrected chi connectivity index (χ4v) is 2.27. The SMILES string of the molecule is CC(CC(=O)c1ccc(F)cc1)N1CCNCC1. The molecule has 1 unspecified atom stereocenters. The maximum absolute atomic E-state index is 12.8. The van der Waals surface area contributed by atoms with E-state index >= 15 is 0 Å². The van der Waals surface area contributed by atoms with Crippen molar-refractivity contribution in [3.63, 3.8) is 0 Å². The van der Waals surface area contributed by atoms with Crippen molar-refractivity contribution in [3.8, 4) is 0 Å². The molecule has 1 heterocycles. The summed E-state index contributed by atoms with van der Waals surface area (Å²) < 4.78 is 12.8. The standard InChI is InChI=1S/C14H19FN2O/c1-11(17-8-6-16-7-9-17)10-14(18)12-2-4-13(15)5-3-12/h2-5,11,16H,6-10H2,1H3. The Morgan fingerprint density at radius 1 is 1.33 bits per heavy atom. The van der Waals surface area contributed by atoms with Crippen LogP contribution in [-0.4, -0.2) is 42.9 Å². The molecule has 0 saturated carbocycles. The van der Waals surface area contributed by atoms with E-state index in [0.29, 0.717) is 12.0 Å². The number of carbonyl (C=O) groups excluding carboxylic acids is 1. The summed E-state index contributed by atoms with van der Waals surface area (Å²) in [7, 11) is 0. The lowest BCUT2D eigenvalue weighted by atomic mass is 10.0. The third kappa shape index (κ3) is 3.37. The molecule has 18 heavy (non-hydrogen) atoms. The van der Waals surface area contributed by atoms with E-state index in [4.69, 9.17) is 0 Å². The van der Waals surface area contributed by atoms with E-state index in [1.54, 1.807) is 12.1 Å². The zero-order valence-electron chi connectivity index (χ0n) is 10.7. The Morgan fingerprint density at radius 3 is 2.56 bits per heavy atom. The molecule has 1 fully saturated rings. The predicted molar refractivity (Wildman–Crippen MR) is 69.3 cm³/mol. The first-order chi connectivity index (χ1) is 8.66. The number of hydrogen-bond donors (Lipinski definition) is 1. The molecule has 98 valence electrons. The van der Waals surface area contributed by atoms with Crippen molar-refractivity contribution < 1.29 is 9.18 Å². The molecule has 0 amide bonds. The molecule has 1 saturated heterocycles. The van der Waals surface area contributed by atoms with Gasteiger partial charge in [0.05, 0.1) is 0 Å². The molecule has 2 rings (SSSR count). The lowest BCUT2D eigenvalue weighted by Gasteiger charge is -2.32. The molecule has 0 radical (unpaired) electrons. The van der Waals surface area contributed by atoms with Crippen molar-refractivity contribution in [2.45, 2.75) is 19.4 Å².